The van der Waals surface area contributed by atoms with Crippen LogP contribution in [-0.2, 0) is 27.5 Å². The molecular weight excluding hydrogens is 412 g/mol. The number of carbonyl (C=O) groups is 5. The molecular formula is C23H24N4O5. The molecule has 1 unspecified atom stereocenters. The fourth-order valence-corrected chi connectivity index (χ4v) is 6.38. The van der Waals surface area contributed by atoms with Crippen LogP contribution in [0.4, 0.5) is 0 Å². The molecule has 5 aliphatic rings. The first-order valence-corrected chi connectivity index (χ1v) is 11.1. The van der Waals surface area contributed by atoms with E-state index in [0.29, 0.717) is 22.5 Å². The highest BCUT2D eigenvalue weighted by molar-refractivity contribution is 6.23. The molecule has 0 radical (unpaired) electrons. The number of carbonyl (C=O) groups excluding carboxylic acids is 5. The maximum absolute atomic E-state index is 13.0. The Balaban J connectivity index is 1.13. The van der Waals surface area contributed by atoms with Gasteiger partial charge in [0.05, 0.1) is 11.1 Å². The third-order valence-corrected chi connectivity index (χ3v) is 7.73. The molecule has 32 heavy (non-hydrogen) atoms. The maximum atomic E-state index is 13.0. The van der Waals surface area contributed by atoms with E-state index in [1.165, 1.54) is 0 Å². The molecule has 1 spiro atoms. The molecule has 9 nitrogen and oxygen atoms in total. The molecule has 0 bridgehead atoms. The van der Waals surface area contributed by atoms with E-state index in [4.69, 9.17) is 0 Å². The predicted octanol–water partition coefficient (Wildman–Crippen LogP) is 0.272. The molecule has 0 aromatic heterocycles. The van der Waals surface area contributed by atoms with Gasteiger partial charge >= 0.3 is 0 Å². The topological polar surface area (TPSA) is 107 Å². The second-order valence-electron chi connectivity index (χ2n) is 10.1. The summed E-state index contributed by atoms with van der Waals surface area (Å²) in [5, 5.41) is 2.22. The van der Waals surface area contributed by atoms with E-state index in [2.05, 4.69) is 10.2 Å². The standard InChI is InChI=1S/C23H24N4O5/c28-12-26-10-23(11-26)5-13(6-23)7-25-8-14-3-16-17(4-15(14)9-25)22(32)27(21(16)31)18-1-2-19(29)24-20(18)30/h3-4,12-13,18H,1-2,5-11H2,(H,24,29,30). The smallest absolute Gasteiger partial charge is 0.262 e. The predicted molar refractivity (Wildman–Crippen MR) is 110 cm³/mol. The van der Waals surface area contributed by atoms with Crippen molar-refractivity contribution in [2.45, 2.75) is 44.8 Å². The van der Waals surface area contributed by atoms with Crippen LogP contribution in [0.15, 0.2) is 12.1 Å². The number of amides is 5. The molecule has 1 aromatic rings. The van der Waals surface area contributed by atoms with Gasteiger partial charge in [-0.3, -0.25) is 39.1 Å². The van der Waals surface area contributed by atoms with Gasteiger partial charge in [-0.25, -0.2) is 0 Å². The lowest BCUT2D eigenvalue weighted by Crippen LogP contribution is -2.62. The summed E-state index contributed by atoms with van der Waals surface area (Å²) in [6, 6.07) is 2.69. The summed E-state index contributed by atoms with van der Waals surface area (Å²) in [4.78, 5) is 65.7. The number of benzene rings is 1. The Kier molecular flexibility index (Phi) is 4.11. The molecule has 2 saturated heterocycles. The van der Waals surface area contributed by atoms with Gasteiger partial charge in [0.1, 0.15) is 6.04 Å². The van der Waals surface area contributed by atoms with Crippen molar-refractivity contribution in [2.75, 3.05) is 19.6 Å². The lowest BCUT2D eigenvalue weighted by atomic mass is 9.58. The van der Waals surface area contributed by atoms with E-state index >= 15 is 0 Å². The van der Waals surface area contributed by atoms with Gasteiger partial charge in [-0.15, -0.1) is 0 Å². The number of hydrogen-bond donors (Lipinski definition) is 1. The van der Waals surface area contributed by atoms with Crippen LogP contribution in [0.5, 0.6) is 0 Å². The second kappa shape index (κ2) is 6.71. The Bertz CT molecular complexity index is 1040. The van der Waals surface area contributed by atoms with Crippen LogP contribution in [0.2, 0.25) is 0 Å². The molecule has 1 atom stereocenters. The zero-order valence-corrected chi connectivity index (χ0v) is 17.6. The Morgan fingerprint density at radius 1 is 1.00 bits per heavy atom. The van der Waals surface area contributed by atoms with Gasteiger partial charge in [0.15, 0.2) is 0 Å². The van der Waals surface area contributed by atoms with E-state index in [1.54, 1.807) is 0 Å². The Hall–Kier alpha value is -3.07. The van der Waals surface area contributed by atoms with Crippen LogP contribution in [0.1, 0.15) is 57.5 Å². The van der Waals surface area contributed by atoms with Crippen molar-refractivity contribution in [2.24, 2.45) is 11.3 Å². The van der Waals surface area contributed by atoms with E-state index < -0.39 is 23.8 Å². The Labute approximate surface area is 184 Å². The average Bonchev–Trinajstić information content (AvgIpc) is 3.20. The average molecular weight is 436 g/mol. The molecule has 1 saturated carbocycles. The largest absolute Gasteiger partial charge is 0.344 e. The van der Waals surface area contributed by atoms with Gasteiger partial charge in [0.25, 0.3) is 11.8 Å². The summed E-state index contributed by atoms with van der Waals surface area (Å²) < 4.78 is 0. The van der Waals surface area contributed by atoms with E-state index in [9.17, 15) is 24.0 Å². The summed E-state index contributed by atoms with van der Waals surface area (Å²) in [7, 11) is 0. The Morgan fingerprint density at radius 2 is 1.62 bits per heavy atom. The highest BCUT2D eigenvalue weighted by atomic mass is 16.2. The van der Waals surface area contributed by atoms with Gasteiger partial charge in [-0.1, -0.05) is 0 Å². The van der Waals surface area contributed by atoms with Crippen LogP contribution < -0.4 is 5.32 Å². The number of piperidine rings is 1. The molecule has 6 rings (SSSR count). The maximum Gasteiger partial charge on any atom is 0.262 e. The van der Waals surface area contributed by atoms with Gasteiger partial charge in [0.2, 0.25) is 18.2 Å². The molecule has 1 aliphatic carbocycles. The molecule has 5 amide bonds. The summed E-state index contributed by atoms with van der Waals surface area (Å²) in [5.41, 5.74) is 3.16. The molecule has 9 heteroatoms. The number of likely N-dealkylation sites (tertiary alicyclic amines) is 1. The van der Waals surface area contributed by atoms with Crippen molar-refractivity contribution in [3.8, 4) is 0 Å². The summed E-state index contributed by atoms with van der Waals surface area (Å²) in [5.74, 6) is -1.25. The highest BCUT2D eigenvalue weighted by Crippen LogP contribution is 2.52. The summed E-state index contributed by atoms with van der Waals surface area (Å²) >= 11 is 0. The number of hydrogen-bond acceptors (Lipinski definition) is 6. The minimum absolute atomic E-state index is 0.116. The lowest BCUT2D eigenvalue weighted by molar-refractivity contribution is -0.142. The van der Waals surface area contributed by atoms with Crippen LogP contribution in [0.25, 0.3) is 0 Å². The number of nitrogens with zero attached hydrogens (tertiary/aromatic N) is 3. The molecule has 1 aromatic carbocycles. The first kappa shape index (κ1) is 19.6. The van der Waals surface area contributed by atoms with E-state index in [1.807, 2.05) is 17.0 Å². The molecule has 3 fully saturated rings. The van der Waals surface area contributed by atoms with Gasteiger partial charge < -0.3 is 4.90 Å². The van der Waals surface area contributed by atoms with Crippen molar-refractivity contribution >= 4 is 30.0 Å². The number of imide groups is 2. The molecule has 166 valence electrons. The zero-order chi connectivity index (χ0) is 22.2. The summed E-state index contributed by atoms with van der Waals surface area (Å²) in [6.07, 6.45) is 3.51. The fourth-order valence-electron chi connectivity index (χ4n) is 6.38. The second-order valence-corrected chi connectivity index (χ2v) is 10.1. The summed E-state index contributed by atoms with van der Waals surface area (Å²) in [6.45, 7) is 4.23. The van der Waals surface area contributed by atoms with Crippen molar-refractivity contribution < 1.29 is 24.0 Å². The first-order valence-electron chi connectivity index (χ1n) is 11.1. The van der Waals surface area contributed by atoms with Crippen LogP contribution in [-0.4, -0.2) is 70.4 Å². The molecule has 4 aliphatic heterocycles. The Morgan fingerprint density at radius 3 is 2.19 bits per heavy atom. The van der Waals surface area contributed by atoms with E-state index in [-0.39, 0.29) is 18.7 Å². The number of fused-ring (bicyclic) bond motifs is 2. The monoisotopic (exact) mass is 436 g/mol. The van der Waals surface area contributed by atoms with Crippen molar-refractivity contribution in [1.82, 2.24) is 20.0 Å². The van der Waals surface area contributed by atoms with E-state index in [0.717, 1.165) is 68.0 Å². The molecule has 4 heterocycles. The highest BCUT2D eigenvalue weighted by Gasteiger charge is 2.52. The first-order chi connectivity index (χ1) is 15.4. The number of nitrogens with one attached hydrogen (secondary N) is 1. The van der Waals surface area contributed by atoms with Crippen LogP contribution >= 0.6 is 0 Å². The lowest BCUT2D eigenvalue weighted by Gasteiger charge is -2.58. The van der Waals surface area contributed by atoms with Gasteiger partial charge in [0, 0.05) is 44.6 Å². The van der Waals surface area contributed by atoms with Crippen LogP contribution in [0, 0.1) is 11.3 Å². The quantitative estimate of drug-likeness (QED) is 0.537. The van der Waals surface area contributed by atoms with Crippen molar-refractivity contribution in [1.29, 1.82) is 0 Å². The normalized spacial score (nSPS) is 26.7. The molecule has 1 N–H and O–H groups in total. The minimum Gasteiger partial charge on any atom is -0.344 e. The van der Waals surface area contributed by atoms with Crippen LogP contribution in [0.3, 0.4) is 0 Å². The third kappa shape index (κ3) is 2.83. The zero-order valence-electron chi connectivity index (χ0n) is 17.6. The van der Waals surface area contributed by atoms with Gasteiger partial charge in [-0.05, 0) is 48.4 Å². The fraction of sp³-hybridized carbons (Fsp3) is 0.522. The van der Waals surface area contributed by atoms with Gasteiger partial charge in [-0.2, -0.15) is 0 Å². The minimum atomic E-state index is -0.931. The SMILES string of the molecule is O=CN1CC2(CC(CN3Cc4cc5c(cc4C3)C(=O)N(C3CCC(=O)NC3=O)C5=O)C2)C1. The third-order valence-electron chi connectivity index (χ3n) is 7.73. The van der Waals surface area contributed by atoms with Crippen molar-refractivity contribution in [3.05, 3.63) is 34.4 Å². The van der Waals surface area contributed by atoms with Crippen molar-refractivity contribution in [3.63, 3.8) is 0 Å². The number of rotatable bonds is 4.